The molecule has 2 atom stereocenters. The molecule has 2 rings (SSSR count). The van der Waals surface area contributed by atoms with Gasteiger partial charge in [0.05, 0.1) is 11.1 Å². The first-order chi connectivity index (χ1) is 18.0. The monoisotopic (exact) mass is 526 g/mol. The van der Waals surface area contributed by atoms with E-state index in [0.29, 0.717) is 11.1 Å². The lowest BCUT2D eigenvalue weighted by Crippen LogP contribution is -2.26. The van der Waals surface area contributed by atoms with Crippen LogP contribution in [0.3, 0.4) is 0 Å². The van der Waals surface area contributed by atoms with Crippen molar-refractivity contribution in [1.29, 1.82) is 0 Å². The van der Waals surface area contributed by atoms with Crippen LogP contribution in [0.5, 0.6) is 0 Å². The van der Waals surface area contributed by atoms with Crippen LogP contribution < -0.4 is 0 Å². The van der Waals surface area contributed by atoms with Gasteiger partial charge < -0.3 is 29.2 Å². The van der Waals surface area contributed by atoms with Crippen molar-refractivity contribution < 1.29 is 48.3 Å². The Kier molecular flexibility index (Phi) is 11.4. The van der Waals surface area contributed by atoms with Crippen LogP contribution in [0.25, 0.3) is 11.1 Å². The fraction of sp³-hybridized carbons (Fsp3) is 0.286. The smallest absolute Gasteiger partial charge is 0.338 e. The second-order valence-corrected chi connectivity index (χ2v) is 8.35. The highest BCUT2D eigenvalue weighted by Gasteiger charge is 2.21. The molecule has 0 amide bonds. The molecule has 38 heavy (non-hydrogen) atoms. The second kappa shape index (κ2) is 14.5. The van der Waals surface area contributed by atoms with E-state index < -0.39 is 49.3 Å². The number of aliphatic hydroxyl groups excluding tert-OH is 2. The Morgan fingerprint density at radius 1 is 0.632 bits per heavy atom. The molecular weight excluding hydrogens is 496 g/mol. The average Bonchev–Trinajstić information content (AvgIpc) is 2.91. The van der Waals surface area contributed by atoms with Crippen LogP contribution in [0.15, 0.2) is 72.8 Å². The largest absolute Gasteiger partial charge is 0.459 e. The van der Waals surface area contributed by atoms with Gasteiger partial charge in [-0.15, -0.1) is 0 Å². The molecule has 0 aliphatic heterocycles. The van der Waals surface area contributed by atoms with Crippen molar-refractivity contribution in [3.8, 4) is 11.1 Å². The van der Waals surface area contributed by atoms with E-state index in [1.165, 1.54) is 26.0 Å². The minimum Gasteiger partial charge on any atom is -0.459 e. The molecule has 0 aromatic heterocycles. The molecule has 0 aliphatic carbocycles. The predicted molar refractivity (Wildman–Crippen MR) is 136 cm³/mol. The van der Waals surface area contributed by atoms with Gasteiger partial charge in [0, 0.05) is 11.1 Å². The number of ether oxygens (including phenoxy) is 4. The Bertz CT molecular complexity index is 1110. The van der Waals surface area contributed by atoms with Gasteiger partial charge in [0.1, 0.15) is 38.6 Å². The number of esters is 4. The van der Waals surface area contributed by atoms with Crippen LogP contribution in [0.1, 0.15) is 34.6 Å². The minimum absolute atomic E-state index is 0.116. The first-order valence-electron chi connectivity index (χ1n) is 11.5. The predicted octanol–water partition coefficient (Wildman–Crippen LogP) is 2.63. The summed E-state index contributed by atoms with van der Waals surface area (Å²) in [5, 5.41) is 20.0. The third-order valence-corrected chi connectivity index (χ3v) is 4.91. The van der Waals surface area contributed by atoms with E-state index in [2.05, 4.69) is 13.2 Å². The third-order valence-electron chi connectivity index (χ3n) is 4.91. The van der Waals surface area contributed by atoms with E-state index in [-0.39, 0.29) is 35.5 Å². The standard InChI is InChI=1S/C28H30O10/c1-17(2)25(31)35-13-19(29)15-37-27(33)23-11-7-5-9-21(23)22-10-6-8-12-24(22)28(34)38-16-20(30)14-36-26(32)18(3)4/h5-12,19-20,29-30H,1,3,13-16H2,2,4H3. The summed E-state index contributed by atoms with van der Waals surface area (Å²) in [5.74, 6) is -2.90. The van der Waals surface area contributed by atoms with Crippen molar-refractivity contribution in [2.75, 3.05) is 26.4 Å². The Balaban J connectivity index is 2.09. The lowest BCUT2D eigenvalue weighted by atomic mass is 9.95. The number of carbonyl (C=O) groups excluding carboxylic acids is 4. The molecule has 0 radical (unpaired) electrons. The SMILES string of the molecule is C=C(C)C(=O)OCC(O)COC(=O)c1ccccc1-c1ccccc1C(=O)OCC(O)COC(=O)C(=C)C. The van der Waals surface area contributed by atoms with Crippen LogP contribution in [0.2, 0.25) is 0 Å². The summed E-state index contributed by atoms with van der Waals surface area (Å²) >= 11 is 0. The molecule has 10 nitrogen and oxygen atoms in total. The van der Waals surface area contributed by atoms with Crippen LogP contribution in [0.4, 0.5) is 0 Å². The normalized spacial score (nSPS) is 12.0. The molecule has 0 saturated heterocycles. The highest BCUT2D eigenvalue weighted by molar-refractivity contribution is 6.03. The molecule has 0 saturated carbocycles. The van der Waals surface area contributed by atoms with Crippen LogP contribution in [-0.2, 0) is 28.5 Å². The molecule has 0 fully saturated rings. The lowest BCUT2D eigenvalue weighted by molar-refractivity contribution is -0.143. The average molecular weight is 527 g/mol. The fourth-order valence-electron chi connectivity index (χ4n) is 2.98. The van der Waals surface area contributed by atoms with Crippen molar-refractivity contribution >= 4 is 23.9 Å². The van der Waals surface area contributed by atoms with Crippen molar-refractivity contribution in [2.24, 2.45) is 0 Å². The van der Waals surface area contributed by atoms with Gasteiger partial charge in [0.15, 0.2) is 0 Å². The number of hydrogen-bond donors (Lipinski definition) is 2. The zero-order chi connectivity index (χ0) is 28.2. The zero-order valence-electron chi connectivity index (χ0n) is 21.2. The van der Waals surface area contributed by atoms with E-state index in [9.17, 15) is 29.4 Å². The molecule has 0 bridgehead atoms. The first kappa shape index (κ1) is 29.9. The summed E-state index contributed by atoms with van der Waals surface area (Å²) in [4.78, 5) is 48.5. The minimum atomic E-state index is -1.25. The van der Waals surface area contributed by atoms with E-state index in [1.807, 2.05) is 0 Å². The van der Waals surface area contributed by atoms with Gasteiger partial charge in [-0.05, 0) is 37.1 Å². The summed E-state index contributed by atoms with van der Waals surface area (Å²) in [6.07, 6.45) is -2.50. The molecule has 2 unspecified atom stereocenters. The first-order valence-corrected chi connectivity index (χ1v) is 11.5. The van der Waals surface area contributed by atoms with Crippen LogP contribution in [-0.4, -0.2) is 72.7 Å². The maximum Gasteiger partial charge on any atom is 0.338 e. The van der Waals surface area contributed by atoms with Gasteiger partial charge in [0.25, 0.3) is 0 Å². The zero-order valence-corrected chi connectivity index (χ0v) is 21.2. The van der Waals surface area contributed by atoms with E-state index in [4.69, 9.17) is 18.9 Å². The van der Waals surface area contributed by atoms with Crippen molar-refractivity contribution in [3.63, 3.8) is 0 Å². The van der Waals surface area contributed by atoms with Crippen LogP contribution in [0, 0.1) is 0 Å². The second-order valence-electron chi connectivity index (χ2n) is 8.35. The topological polar surface area (TPSA) is 146 Å². The van der Waals surface area contributed by atoms with Crippen molar-refractivity contribution in [2.45, 2.75) is 26.1 Å². The fourth-order valence-corrected chi connectivity index (χ4v) is 2.98. The lowest BCUT2D eigenvalue weighted by Gasteiger charge is -2.16. The summed E-state index contributed by atoms with van der Waals surface area (Å²) in [6.45, 7) is 8.16. The van der Waals surface area contributed by atoms with Crippen molar-refractivity contribution in [3.05, 3.63) is 84.0 Å². The van der Waals surface area contributed by atoms with Gasteiger partial charge in [0.2, 0.25) is 0 Å². The molecule has 2 N–H and O–H groups in total. The highest BCUT2D eigenvalue weighted by Crippen LogP contribution is 2.28. The van der Waals surface area contributed by atoms with Gasteiger partial charge in [-0.1, -0.05) is 49.6 Å². The Morgan fingerprint density at radius 2 is 0.947 bits per heavy atom. The number of rotatable bonds is 13. The van der Waals surface area contributed by atoms with E-state index in [1.54, 1.807) is 36.4 Å². The van der Waals surface area contributed by atoms with Gasteiger partial charge >= 0.3 is 23.9 Å². The molecule has 2 aromatic carbocycles. The summed E-state index contributed by atoms with van der Waals surface area (Å²) in [7, 11) is 0. The van der Waals surface area contributed by atoms with Gasteiger partial charge in [-0.3, -0.25) is 0 Å². The summed E-state index contributed by atoms with van der Waals surface area (Å²) < 4.78 is 20.1. The molecule has 0 spiro atoms. The van der Waals surface area contributed by atoms with E-state index in [0.717, 1.165) is 0 Å². The third kappa shape index (κ3) is 8.99. The quantitative estimate of drug-likeness (QED) is 0.227. The van der Waals surface area contributed by atoms with E-state index >= 15 is 0 Å². The number of carbonyl (C=O) groups is 4. The van der Waals surface area contributed by atoms with Crippen molar-refractivity contribution in [1.82, 2.24) is 0 Å². The Hall–Kier alpha value is -4.28. The van der Waals surface area contributed by atoms with Gasteiger partial charge in [-0.25, -0.2) is 19.2 Å². The molecule has 0 aliphatic rings. The number of aliphatic hydroxyl groups is 2. The molecule has 0 heterocycles. The summed E-state index contributed by atoms with van der Waals surface area (Å²) in [6, 6.07) is 12.8. The maximum atomic E-state index is 12.8. The maximum absolute atomic E-state index is 12.8. The molecular formula is C28H30O10. The highest BCUT2D eigenvalue weighted by atomic mass is 16.6. The summed E-state index contributed by atoms with van der Waals surface area (Å²) in [5.41, 5.74) is 1.30. The molecule has 10 heteroatoms. The molecule has 202 valence electrons. The van der Waals surface area contributed by atoms with Crippen LogP contribution >= 0.6 is 0 Å². The molecule has 2 aromatic rings. The van der Waals surface area contributed by atoms with Gasteiger partial charge in [-0.2, -0.15) is 0 Å². The Morgan fingerprint density at radius 3 is 1.29 bits per heavy atom. The Labute approximate surface area is 220 Å². The number of hydrogen-bond acceptors (Lipinski definition) is 10. The number of benzene rings is 2.